The van der Waals surface area contributed by atoms with Gasteiger partial charge in [-0.1, -0.05) is 69.6 Å². The van der Waals surface area contributed by atoms with E-state index < -0.39 is 17.3 Å². The average molecular weight is 405 g/mol. The van der Waals surface area contributed by atoms with Gasteiger partial charge in [0.2, 0.25) is 7.59 Å². The molecule has 0 aliphatic rings. The molecule has 0 amide bonds. The summed E-state index contributed by atoms with van der Waals surface area (Å²) in [6, 6.07) is 0. The van der Waals surface area contributed by atoms with E-state index in [9.17, 15) is 0 Å². The van der Waals surface area contributed by atoms with Crippen LogP contribution >= 0.6 is 116 Å². The zero-order valence-corrected chi connectivity index (χ0v) is 13.5. The maximum atomic E-state index is 5.14. The van der Waals surface area contributed by atoms with Crippen molar-refractivity contribution in [1.29, 1.82) is 0 Å². The Morgan fingerprint density at radius 3 is 0.571 bits per heavy atom. The van der Waals surface area contributed by atoms with Gasteiger partial charge in [0.25, 0.3) is 0 Å². The number of rotatable bonds is 0. The molecule has 0 nitrogen and oxygen atoms in total. The molecule has 0 aromatic heterocycles. The van der Waals surface area contributed by atoms with E-state index in [1.165, 1.54) is 0 Å². The molecule has 0 radical (unpaired) electrons. The molecule has 0 heterocycles. The van der Waals surface area contributed by atoms with Gasteiger partial charge < -0.3 is 0 Å². The third-order valence-electron chi connectivity index (χ3n) is 0.495. The first-order valence-electron chi connectivity index (χ1n) is 2.58. The molecule has 0 fully saturated rings. The van der Waals surface area contributed by atoms with Crippen LogP contribution in [0.2, 0.25) is 0 Å². The summed E-state index contributed by atoms with van der Waals surface area (Å²) in [5.41, 5.74) is 0. The van der Waals surface area contributed by atoms with Crippen molar-refractivity contribution in [2.24, 2.45) is 0 Å². The Hall–Kier alpha value is 2.90. The van der Waals surface area contributed by atoms with E-state index in [0.717, 1.165) is 0 Å². The summed E-state index contributed by atoms with van der Waals surface area (Å²) >= 11 is 51.3. The average Bonchev–Trinajstić information content (AvgIpc) is 1.83. The number of alkyl halides is 10. The molecule has 0 aromatic carbocycles. The standard InChI is InChI=1S/2C2HCl5/c2*3-1(4)2(5,6)7/h2*1H. The smallest absolute Gasteiger partial charge is 0.101 e. The van der Waals surface area contributed by atoms with Gasteiger partial charge >= 0.3 is 0 Å². The zero-order chi connectivity index (χ0) is 12.2. The van der Waals surface area contributed by atoms with Crippen LogP contribution in [0, 0.1) is 0 Å². The molecule has 0 atom stereocenters. The molecule has 0 bridgehead atoms. The van der Waals surface area contributed by atoms with Crippen molar-refractivity contribution in [3.63, 3.8) is 0 Å². The van der Waals surface area contributed by atoms with Gasteiger partial charge in [0.15, 0.2) is 9.67 Å². The summed E-state index contributed by atoms with van der Waals surface area (Å²) in [7, 11) is 0. The summed E-state index contributed by atoms with van der Waals surface area (Å²) in [6.45, 7) is 0. The van der Waals surface area contributed by atoms with Crippen molar-refractivity contribution in [3.05, 3.63) is 0 Å². The van der Waals surface area contributed by atoms with Gasteiger partial charge in [-0.2, -0.15) is 0 Å². The second kappa shape index (κ2) is 8.08. The Labute approximate surface area is 132 Å². The van der Waals surface area contributed by atoms with E-state index in [2.05, 4.69) is 0 Å². The Morgan fingerprint density at radius 2 is 0.571 bits per heavy atom. The van der Waals surface area contributed by atoms with E-state index in [-0.39, 0.29) is 0 Å². The Balaban J connectivity index is 0. The predicted octanol–water partition coefficient (Wildman–Crippen LogP) is 6.32. The molecule has 14 heavy (non-hydrogen) atoms. The fourth-order valence-corrected chi connectivity index (χ4v) is 0. The SMILES string of the molecule is ClC(Cl)C(Cl)(Cl)Cl.ClC(Cl)C(Cl)(Cl)Cl. The van der Waals surface area contributed by atoms with Crippen molar-refractivity contribution in [2.75, 3.05) is 0 Å². The van der Waals surface area contributed by atoms with Crippen LogP contribution in [-0.4, -0.2) is 17.3 Å². The van der Waals surface area contributed by atoms with Gasteiger partial charge in [0, 0.05) is 0 Å². The summed E-state index contributed by atoms with van der Waals surface area (Å²) < 4.78 is -3.10. The Kier molecular flexibility index (Phi) is 11.1. The van der Waals surface area contributed by atoms with Gasteiger partial charge in [0.05, 0.1) is 0 Å². The lowest BCUT2D eigenvalue weighted by molar-refractivity contribution is 1.19. The highest BCUT2D eigenvalue weighted by atomic mass is 35.6. The fourth-order valence-electron chi connectivity index (χ4n) is 0. The minimum atomic E-state index is -1.55. The van der Waals surface area contributed by atoms with E-state index in [1.807, 2.05) is 0 Å². The second-order valence-corrected chi connectivity index (χ2v) is 8.62. The van der Waals surface area contributed by atoms with E-state index in [1.54, 1.807) is 0 Å². The van der Waals surface area contributed by atoms with E-state index in [0.29, 0.717) is 0 Å². The quantitative estimate of drug-likeness (QED) is 0.414. The summed E-state index contributed by atoms with van der Waals surface area (Å²) in [5, 5.41) is 0. The molecule has 0 aliphatic heterocycles. The number of hydrogen-bond donors (Lipinski definition) is 0. The maximum Gasteiger partial charge on any atom is 0.220 e. The predicted molar refractivity (Wildman–Crippen MR) is 71.6 cm³/mol. The lowest BCUT2D eigenvalue weighted by atomic mass is 10.9. The molecule has 0 saturated heterocycles. The van der Waals surface area contributed by atoms with Crippen LogP contribution in [0.25, 0.3) is 0 Å². The molecule has 0 saturated carbocycles. The van der Waals surface area contributed by atoms with Crippen LogP contribution in [0.15, 0.2) is 0 Å². The topological polar surface area (TPSA) is 0 Å². The monoisotopic (exact) mass is 400 g/mol. The molecule has 10 heteroatoms. The maximum absolute atomic E-state index is 5.14. The molecule has 0 N–H and O–H groups in total. The molecule has 0 aromatic rings. The van der Waals surface area contributed by atoms with Crippen molar-refractivity contribution >= 4 is 116 Å². The molecule has 0 rings (SSSR count). The van der Waals surface area contributed by atoms with Gasteiger partial charge in [0.1, 0.15) is 0 Å². The lowest BCUT2D eigenvalue weighted by Crippen LogP contribution is -2.11. The molecule has 0 aliphatic carbocycles. The van der Waals surface area contributed by atoms with Gasteiger partial charge in [-0.3, -0.25) is 0 Å². The Morgan fingerprint density at radius 1 is 0.500 bits per heavy atom. The summed E-state index contributed by atoms with van der Waals surface area (Å²) in [4.78, 5) is -1.92. The molecular formula is C4H2Cl10. The van der Waals surface area contributed by atoms with Crippen LogP contribution in [-0.2, 0) is 0 Å². The molecule has 88 valence electrons. The van der Waals surface area contributed by atoms with Crippen LogP contribution in [0.5, 0.6) is 0 Å². The number of halogens is 10. The van der Waals surface area contributed by atoms with Crippen molar-refractivity contribution in [3.8, 4) is 0 Å². The molecular weight excluding hydrogens is 403 g/mol. The largest absolute Gasteiger partial charge is 0.220 e. The van der Waals surface area contributed by atoms with Crippen molar-refractivity contribution < 1.29 is 0 Å². The van der Waals surface area contributed by atoms with Crippen LogP contribution < -0.4 is 0 Å². The van der Waals surface area contributed by atoms with Crippen LogP contribution in [0.3, 0.4) is 0 Å². The summed E-state index contributed by atoms with van der Waals surface area (Å²) in [5.74, 6) is 0. The summed E-state index contributed by atoms with van der Waals surface area (Å²) in [6.07, 6.45) is 0. The van der Waals surface area contributed by atoms with Gasteiger partial charge in [-0.25, -0.2) is 0 Å². The zero-order valence-electron chi connectivity index (χ0n) is 5.93. The van der Waals surface area contributed by atoms with Crippen LogP contribution in [0.1, 0.15) is 0 Å². The molecule has 0 spiro atoms. The third-order valence-corrected chi connectivity index (χ3v) is 4.45. The van der Waals surface area contributed by atoms with Gasteiger partial charge in [-0.05, 0) is 0 Å². The van der Waals surface area contributed by atoms with E-state index in [4.69, 9.17) is 116 Å². The Bertz CT molecular complexity index is 121. The van der Waals surface area contributed by atoms with Gasteiger partial charge in [-0.15, -0.1) is 46.4 Å². The minimum absolute atomic E-state index is 0.961. The van der Waals surface area contributed by atoms with E-state index >= 15 is 0 Å². The lowest BCUT2D eigenvalue weighted by Gasteiger charge is -2.09. The first kappa shape index (κ1) is 19.2. The molecule has 0 unspecified atom stereocenters. The van der Waals surface area contributed by atoms with Crippen LogP contribution in [0.4, 0.5) is 0 Å². The fraction of sp³-hybridized carbons (Fsp3) is 1.00. The minimum Gasteiger partial charge on any atom is -0.101 e. The van der Waals surface area contributed by atoms with Crippen molar-refractivity contribution in [1.82, 2.24) is 0 Å². The highest BCUT2D eigenvalue weighted by Gasteiger charge is 2.28. The number of hydrogen-bond acceptors (Lipinski definition) is 0. The normalized spacial score (nSPS) is 12.9. The highest BCUT2D eigenvalue weighted by Crippen LogP contribution is 2.36. The second-order valence-electron chi connectivity index (χ2n) is 1.68. The third kappa shape index (κ3) is 13.0. The van der Waals surface area contributed by atoms with Crippen molar-refractivity contribution in [2.45, 2.75) is 17.3 Å². The first-order chi connectivity index (χ1) is 5.89. The highest BCUT2D eigenvalue weighted by molar-refractivity contribution is 6.74. The first-order valence-corrected chi connectivity index (χ1v) is 6.60.